The first-order valence-electron chi connectivity index (χ1n) is 6.85. The Morgan fingerprint density at radius 2 is 1.06 bits per heavy atom. The van der Waals surface area contributed by atoms with Crippen molar-refractivity contribution in [1.82, 2.24) is 0 Å². The van der Waals surface area contributed by atoms with Crippen LogP contribution in [0.4, 0.5) is 0 Å². The van der Waals surface area contributed by atoms with E-state index in [2.05, 4.69) is 75.0 Å². The summed E-state index contributed by atoms with van der Waals surface area (Å²) in [5, 5.41) is 0.555. The monoisotopic (exact) mass is 274 g/mol. The van der Waals surface area contributed by atoms with E-state index in [4.69, 9.17) is 4.12 Å². The van der Waals surface area contributed by atoms with Crippen molar-refractivity contribution >= 4 is 16.6 Å². The molecule has 0 aliphatic rings. The van der Waals surface area contributed by atoms with Crippen LogP contribution in [0.1, 0.15) is 55.4 Å². The average molecular weight is 275 g/mol. The third-order valence-electron chi connectivity index (χ3n) is 3.51. The van der Waals surface area contributed by atoms with Crippen molar-refractivity contribution < 1.29 is 4.12 Å². The molecule has 0 saturated heterocycles. The fourth-order valence-electron chi connectivity index (χ4n) is 3.76. The summed E-state index contributed by atoms with van der Waals surface area (Å²) in [6.07, 6.45) is 0. The fourth-order valence-corrected chi connectivity index (χ4v) is 16.7. The van der Waals surface area contributed by atoms with Crippen LogP contribution in [0, 0.1) is 0 Å². The van der Waals surface area contributed by atoms with Crippen LogP contribution >= 0.6 is 0 Å². The van der Waals surface area contributed by atoms with Crippen molar-refractivity contribution in [2.75, 3.05) is 0 Å². The summed E-state index contributed by atoms with van der Waals surface area (Å²) in [7, 11) is -3.36. The Morgan fingerprint density at radius 3 is 1.12 bits per heavy atom. The van der Waals surface area contributed by atoms with Gasteiger partial charge in [0, 0.05) is 0 Å². The van der Waals surface area contributed by atoms with Gasteiger partial charge in [0.2, 0.25) is 0 Å². The topological polar surface area (TPSA) is 9.23 Å². The Morgan fingerprint density at radius 1 is 0.765 bits per heavy atom. The number of hydrogen-bond donors (Lipinski definition) is 0. The average Bonchev–Trinajstić information content (AvgIpc) is 1.92. The summed E-state index contributed by atoms with van der Waals surface area (Å²) in [4.78, 5) is 0. The number of rotatable bonds is 3. The Hall–Kier alpha value is 0.394. The molecule has 104 valence electrons. The van der Waals surface area contributed by atoms with E-state index in [1.807, 2.05) is 0 Å². The van der Waals surface area contributed by atoms with Crippen molar-refractivity contribution in [3.05, 3.63) is 0 Å². The lowest BCUT2D eigenvalue weighted by molar-refractivity contribution is 0.402. The van der Waals surface area contributed by atoms with Crippen LogP contribution in [0.3, 0.4) is 0 Å². The molecule has 0 rings (SSSR count). The van der Waals surface area contributed by atoms with Crippen LogP contribution in [0.2, 0.25) is 35.3 Å². The van der Waals surface area contributed by atoms with E-state index >= 15 is 0 Å². The molecule has 3 heteroatoms. The molecule has 0 radical (unpaired) electrons. The first kappa shape index (κ1) is 17.4. The van der Waals surface area contributed by atoms with Gasteiger partial charge in [-0.2, -0.15) is 0 Å². The minimum Gasteiger partial charge on any atom is -0.455 e. The maximum Gasteiger partial charge on any atom is 0.193 e. The lowest BCUT2D eigenvalue weighted by Gasteiger charge is -2.56. The van der Waals surface area contributed by atoms with Crippen molar-refractivity contribution in [3.8, 4) is 0 Å². The van der Waals surface area contributed by atoms with Crippen molar-refractivity contribution in [1.29, 1.82) is 0 Å². The standard InChI is InChI=1S/C14H34OSi2/c1-12(2)17(13(3,4)5,14(6,7)8)15-16(9,10)11/h12H,1-11H3. The Bertz CT molecular complexity index is 237. The molecule has 0 heterocycles. The minimum absolute atomic E-state index is 0.277. The highest BCUT2D eigenvalue weighted by atomic mass is 28.4. The zero-order valence-corrected chi connectivity index (χ0v) is 16.0. The molecular weight excluding hydrogens is 240 g/mol. The molecule has 0 spiro atoms. The van der Waals surface area contributed by atoms with Gasteiger partial charge in [-0.3, -0.25) is 0 Å². The van der Waals surface area contributed by atoms with Gasteiger partial charge in [-0.25, -0.2) is 0 Å². The van der Waals surface area contributed by atoms with Crippen LogP contribution in [-0.2, 0) is 4.12 Å². The van der Waals surface area contributed by atoms with Gasteiger partial charge in [-0.15, -0.1) is 0 Å². The van der Waals surface area contributed by atoms with E-state index in [0.717, 1.165) is 0 Å². The first-order valence-corrected chi connectivity index (χ1v) is 12.2. The molecule has 17 heavy (non-hydrogen) atoms. The minimum atomic E-state index is -1.85. The molecule has 0 aliphatic carbocycles. The largest absolute Gasteiger partial charge is 0.455 e. The second-order valence-electron chi connectivity index (χ2n) is 8.60. The zero-order chi connectivity index (χ0) is 14.3. The van der Waals surface area contributed by atoms with Gasteiger partial charge in [-0.05, 0) is 35.3 Å². The highest BCUT2D eigenvalue weighted by Gasteiger charge is 2.58. The summed E-state index contributed by atoms with van der Waals surface area (Å²) in [6.45, 7) is 26.0. The summed E-state index contributed by atoms with van der Waals surface area (Å²) < 4.78 is 6.89. The van der Waals surface area contributed by atoms with Gasteiger partial charge in [0.05, 0.1) is 0 Å². The van der Waals surface area contributed by atoms with E-state index in [1.54, 1.807) is 0 Å². The fraction of sp³-hybridized carbons (Fsp3) is 1.00. The summed E-state index contributed by atoms with van der Waals surface area (Å²) in [5.74, 6) is 0. The second-order valence-corrected chi connectivity index (χ2v) is 19.3. The van der Waals surface area contributed by atoms with Crippen LogP contribution < -0.4 is 0 Å². The highest BCUT2D eigenvalue weighted by Crippen LogP contribution is 2.57. The van der Waals surface area contributed by atoms with Gasteiger partial charge in [0.1, 0.15) is 0 Å². The maximum atomic E-state index is 6.89. The van der Waals surface area contributed by atoms with Gasteiger partial charge in [-0.1, -0.05) is 55.4 Å². The molecule has 0 aromatic rings. The van der Waals surface area contributed by atoms with E-state index in [1.165, 1.54) is 0 Å². The lowest BCUT2D eigenvalue weighted by atomic mass is 10.2. The second kappa shape index (κ2) is 4.82. The molecule has 0 aromatic heterocycles. The first-order chi connectivity index (χ1) is 7.15. The van der Waals surface area contributed by atoms with Crippen LogP contribution in [-0.4, -0.2) is 16.6 Å². The summed E-state index contributed by atoms with van der Waals surface area (Å²) in [5.41, 5.74) is 0.647. The highest BCUT2D eigenvalue weighted by molar-refractivity contribution is 6.89. The van der Waals surface area contributed by atoms with E-state index in [-0.39, 0.29) is 10.1 Å². The Balaban J connectivity index is 5.79. The van der Waals surface area contributed by atoms with E-state index < -0.39 is 16.6 Å². The zero-order valence-electron chi connectivity index (χ0n) is 14.0. The van der Waals surface area contributed by atoms with Crippen LogP contribution in [0.15, 0.2) is 0 Å². The summed E-state index contributed by atoms with van der Waals surface area (Å²) in [6, 6.07) is 0. The molecule has 0 bridgehead atoms. The lowest BCUT2D eigenvalue weighted by Crippen LogP contribution is -2.61. The van der Waals surface area contributed by atoms with Gasteiger partial charge < -0.3 is 4.12 Å². The quantitative estimate of drug-likeness (QED) is 0.592. The summed E-state index contributed by atoms with van der Waals surface area (Å²) >= 11 is 0. The van der Waals surface area contributed by atoms with Gasteiger partial charge in [0.25, 0.3) is 0 Å². The molecule has 0 atom stereocenters. The van der Waals surface area contributed by atoms with Gasteiger partial charge in [0.15, 0.2) is 16.6 Å². The van der Waals surface area contributed by atoms with Crippen molar-refractivity contribution in [3.63, 3.8) is 0 Å². The third kappa shape index (κ3) is 3.68. The van der Waals surface area contributed by atoms with Crippen molar-refractivity contribution in [2.45, 2.75) is 90.6 Å². The normalized spacial score (nSPS) is 15.5. The molecule has 0 fully saturated rings. The smallest absolute Gasteiger partial charge is 0.193 e. The predicted molar refractivity (Wildman–Crippen MR) is 84.7 cm³/mol. The molecule has 1 nitrogen and oxygen atoms in total. The molecule has 0 aliphatic heterocycles. The molecule has 0 aromatic carbocycles. The van der Waals surface area contributed by atoms with Crippen LogP contribution in [0.5, 0.6) is 0 Å². The van der Waals surface area contributed by atoms with E-state index in [9.17, 15) is 0 Å². The maximum absolute atomic E-state index is 6.89. The van der Waals surface area contributed by atoms with E-state index in [0.29, 0.717) is 5.54 Å². The molecule has 0 amide bonds. The molecular formula is C14H34OSi2. The van der Waals surface area contributed by atoms with Gasteiger partial charge >= 0.3 is 0 Å². The predicted octanol–water partition coefficient (Wildman–Crippen LogP) is 5.79. The molecule has 0 N–H and O–H groups in total. The Labute approximate surface area is 112 Å². The Kier molecular flexibility index (Phi) is 4.93. The van der Waals surface area contributed by atoms with Crippen LogP contribution in [0.25, 0.3) is 0 Å². The third-order valence-corrected chi connectivity index (χ3v) is 13.3. The van der Waals surface area contributed by atoms with Crippen molar-refractivity contribution in [2.24, 2.45) is 0 Å². The number of hydrogen-bond acceptors (Lipinski definition) is 1. The SMILES string of the molecule is CC(C)[Si](O[Si](C)(C)C)(C(C)(C)C)C(C)(C)C. The molecule has 0 unspecified atom stereocenters. The molecule has 0 saturated carbocycles.